The average Bonchev–Trinajstić information content (AvgIpc) is 2.83. The van der Waals surface area contributed by atoms with E-state index >= 15 is 0 Å². The first-order valence-electron chi connectivity index (χ1n) is 6.64. The van der Waals surface area contributed by atoms with Gasteiger partial charge in [0.05, 0.1) is 5.69 Å². The molecule has 108 valence electrons. The number of benzene rings is 1. The first-order chi connectivity index (χ1) is 9.67. The van der Waals surface area contributed by atoms with Gasteiger partial charge in [0.15, 0.2) is 0 Å². The van der Waals surface area contributed by atoms with Crippen LogP contribution in [0.1, 0.15) is 12.6 Å². The minimum Gasteiger partial charge on any atom is -0.492 e. The molecule has 0 aliphatic heterocycles. The van der Waals surface area contributed by atoms with E-state index in [0.29, 0.717) is 11.6 Å². The molecule has 0 amide bonds. The van der Waals surface area contributed by atoms with Crippen molar-refractivity contribution in [2.24, 2.45) is 7.05 Å². The van der Waals surface area contributed by atoms with E-state index in [2.05, 4.69) is 22.6 Å². The van der Waals surface area contributed by atoms with E-state index in [1.54, 1.807) is 4.68 Å². The number of hydrogen-bond acceptors (Lipinski definition) is 4. The molecule has 5 nitrogen and oxygen atoms in total. The maximum atomic E-state index is 5.85. The van der Waals surface area contributed by atoms with Crippen molar-refractivity contribution in [3.05, 3.63) is 41.2 Å². The molecule has 0 fully saturated rings. The van der Waals surface area contributed by atoms with Crippen LogP contribution < -0.4 is 10.1 Å². The molecule has 1 aromatic carbocycles. The van der Waals surface area contributed by atoms with Crippen LogP contribution >= 0.6 is 11.6 Å². The minimum atomic E-state index is 0.201. The Morgan fingerprint density at radius 1 is 1.35 bits per heavy atom. The predicted molar refractivity (Wildman–Crippen MR) is 79.1 cm³/mol. The molecule has 1 heterocycles. The molecule has 1 atom stereocenters. The lowest BCUT2D eigenvalue weighted by Crippen LogP contribution is -2.36. The standard InChI is InChI=1S/C14H19ClN4O/c1-3-16-13(8-12-9-19(2)18-17-12)10-20-14-6-4-11(15)5-7-14/h4-7,9,13,16H,3,8,10H2,1-2H3. The number of aromatic nitrogens is 3. The number of rotatable bonds is 7. The Morgan fingerprint density at radius 3 is 2.70 bits per heavy atom. The number of hydrogen-bond donors (Lipinski definition) is 1. The third-order valence-corrected chi connectivity index (χ3v) is 3.12. The summed E-state index contributed by atoms with van der Waals surface area (Å²) < 4.78 is 7.49. The van der Waals surface area contributed by atoms with Crippen LogP contribution in [0.25, 0.3) is 0 Å². The molecule has 0 saturated heterocycles. The zero-order valence-electron chi connectivity index (χ0n) is 11.7. The van der Waals surface area contributed by atoms with E-state index in [4.69, 9.17) is 16.3 Å². The second kappa shape index (κ2) is 7.26. The Balaban J connectivity index is 1.90. The summed E-state index contributed by atoms with van der Waals surface area (Å²) in [7, 11) is 1.86. The molecule has 2 aromatic rings. The van der Waals surface area contributed by atoms with Gasteiger partial charge in [-0.1, -0.05) is 23.7 Å². The Labute approximate surface area is 123 Å². The van der Waals surface area contributed by atoms with Gasteiger partial charge in [-0.25, -0.2) is 0 Å². The SMILES string of the molecule is CCNC(COc1ccc(Cl)cc1)Cc1cn(C)nn1. The number of nitrogens with one attached hydrogen (secondary N) is 1. The molecule has 0 radical (unpaired) electrons. The largest absolute Gasteiger partial charge is 0.492 e. The van der Waals surface area contributed by atoms with Crippen molar-refractivity contribution in [2.45, 2.75) is 19.4 Å². The molecular formula is C14H19ClN4O. The third kappa shape index (κ3) is 4.51. The van der Waals surface area contributed by atoms with Crippen molar-refractivity contribution < 1.29 is 4.74 Å². The van der Waals surface area contributed by atoms with E-state index < -0.39 is 0 Å². The number of ether oxygens (including phenoxy) is 1. The van der Waals surface area contributed by atoms with Crippen LogP contribution in [0.2, 0.25) is 5.02 Å². The summed E-state index contributed by atoms with van der Waals surface area (Å²) >= 11 is 5.85. The van der Waals surface area contributed by atoms with Gasteiger partial charge in [-0.2, -0.15) is 0 Å². The lowest BCUT2D eigenvalue weighted by molar-refractivity contribution is 0.264. The number of likely N-dealkylation sites (N-methyl/N-ethyl adjacent to an activating group) is 1. The molecule has 0 bridgehead atoms. The van der Waals surface area contributed by atoms with Gasteiger partial charge < -0.3 is 10.1 Å². The third-order valence-electron chi connectivity index (χ3n) is 2.86. The van der Waals surface area contributed by atoms with Crippen molar-refractivity contribution in [3.63, 3.8) is 0 Å². The first-order valence-corrected chi connectivity index (χ1v) is 7.02. The second-order valence-corrected chi connectivity index (χ2v) is 5.04. The zero-order chi connectivity index (χ0) is 14.4. The fraction of sp³-hybridized carbons (Fsp3) is 0.429. The van der Waals surface area contributed by atoms with E-state index in [9.17, 15) is 0 Å². The molecule has 1 aromatic heterocycles. The van der Waals surface area contributed by atoms with Crippen LogP contribution in [0.15, 0.2) is 30.5 Å². The van der Waals surface area contributed by atoms with Crippen LogP contribution in [-0.2, 0) is 13.5 Å². The topological polar surface area (TPSA) is 52.0 Å². The van der Waals surface area contributed by atoms with Gasteiger partial charge in [0.25, 0.3) is 0 Å². The van der Waals surface area contributed by atoms with E-state index in [0.717, 1.165) is 24.4 Å². The summed E-state index contributed by atoms with van der Waals surface area (Å²) in [5, 5.41) is 12.1. The highest BCUT2D eigenvalue weighted by Crippen LogP contribution is 2.15. The fourth-order valence-corrected chi connectivity index (χ4v) is 2.07. The van der Waals surface area contributed by atoms with Gasteiger partial charge in [-0.15, -0.1) is 5.10 Å². The number of aryl methyl sites for hydroxylation is 1. The molecule has 1 N–H and O–H groups in total. The van der Waals surface area contributed by atoms with Gasteiger partial charge in [0, 0.05) is 30.7 Å². The zero-order valence-corrected chi connectivity index (χ0v) is 12.5. The van der Waals surface area contributed by atoms with Crippen LogP contribution in [-0.4, -0.2) is 34.2 Å². The van der Waals surface area contributed by atoms with Crippen LogP contribution in [0.3, 0.4) is 0 Å². The van der Waals surface area contributed by atoms with Gasteiger partial charge in [-0.3, -0.25) is 4.68 Å². The van der Waals surface area contributed by atoms with E-state index in [1.165, 1.54) is 0 Å². The Morgan fingerprint density at radius 2 is 2.10 bits per heavy atom. The fourth-order valence-electron chi connectivity index (χ4n) is 1.95. The quantitative estimate of drug-likeness (QED) is 0.849. The van der Waals surface area contributed by atoms with Crippen molar-refractivity contribution in [1.29, 1.82) is 0 Å². The molecule has 20 heavy (non-hydrogen) atoms. The summed E-state index contributed by atoms with van der Waals surface area (Å²) in [6, 6.07) is 7.58. The maximum Gasteiger partial charge on any atom is 0.119 e. The molecule has 0 aliphatic carbocycles. The van der Waals surface area contributed by atoms with Gasteiger partial charge in [-0.05, 0) is 30.8 Å². The van der Waals surface area contributed by atoms with Crippen LogP contribution in [0, 0.1) is 0 Å². The Bertz CT molecular complexity index is 526. The van der Waals surface area contributed by atoms with Crippen LogP contribution in [0.5, 0.6) is 5.75 Å². The molecule has 0 spiro atoms. The first kappa shape index (κ1) is 14.8. The van der Waals surface area contributed by atoms with Crippen molar-refractivity contribution >= 4 is 11.6 Å². The highest BCUT2D eigenvalue weighted by atomic mass is 35.5. The van der Waals surface area contributed by atoms with Gasteiger partial charge >= 0.3 is 0 Å². The maximum absolute atomic E-state index is 5.85. The lowest BCUT2D eigenvalue weighted by atomic mass is 10.2. The van der Waals surface area contributed by atoms with Crippen LogP contribution in [0.4, 0.5) is 0 Å². The summed E-state index contributed by atoms with van der Waals surface area (Å²) in [5.41, 5.74) is 0.957. The summed E-state index contributed by atoms with van der Waals surface area (Å²) in [6.07, 6.45) is 2.71. The summed E-state index contributed by atoms with van der Waals surface area (Å²) in [4.78, 5) is 0. The van der Waals surface area contributed by atoms with E-state index in [-0.39, 0.29) is 6.04 Å². The van der Waals surface area contributed by atoms with Crippen molar-refractivity contribution in [3.8, 4) is 5.75 Å². The molecule has 2 rings (SSSR count). The average molecular weight is 295 g/mol. The number of halogens is 1. The molecule has 0 saturated carbocycles. The molecular weight excluding hydrogens is 276 g/mol. The van der Waals surface area contributed by atoms with Crippen molar-refractivity contribution in [2.75, 3.05) is 13.2 Å². The Kier molecular flexibility index (Phi) is 5.38. The molecule has 1 unspecified atom stereocenters. The normalized spacial score (nSPS) is 12.3. The Hall–Kier alpha value is -1.59. The molecule has 0 aliphatic rings. The number of nitrogens with zero attached hydrogens (tertiary/aromatic N) is 3. The minimum absolute atomic E-state index is 0.201. The highest BCUT2D eigenvalue weighted by Gasteiger charge is 2.11. The predicted octanol–water partition coefficient (Wildman–Crippen LogP) is 2.07. The summed E-state index contributed by atoms with van der Waals surface area (Å²) in [6.45, 7) is 3.53. The highest BCUT2D eigenvalue weighted by molar-refractivity contribution is 6.30. The molecule has 6 heteroatoms. The monoisotopic (exact) mass is 294 g/mol. The second-order valence-electron chi connectivity index (χ2n) is 4.61. The van der Waals surface area contributed by atoms with Gasteiger partial charge in [0.1, 0.15) is 12.4 Å². The van der Waals surface area contributed by atoms with Gasteiger partial charge in [0.2, 0.25) is 0 Å². The van der Waals surface area contributed by atoms with Crippen molar-refractivity contribution in [1.82, 2.24) is 20.3 Å². The lowest BCUT2D eigenvalue weighted by Gasteiger charge is -2.17. The summed E-state index contributed by atoms with van der Waals surface area (Å²) in [5.74, 6) is 0.816. The van der Waals surface area contributed by atoms with E-state index in [1.807, 2.05) is 37.5 Å². The smallest absolute Gasteiger partial charge is 0.119 e.